The molecule has 1 atom stereocenters. The van der Waals surface area contributed by atoms with E-state index < -0.39 is 6.04 Å². The van der Waals surface area contributed by atoms with E-state index in [0.717, 1.165) is 0 Å². The second kappa shape index (κ2) is 5.24. The summed E-state index contributed by atoms with van der Waals surface area (Å²) in [5.41, 5.74) is 0. The number of anilines is 1. The molecule has 2 rings (SSSR count). The molecule has 0 aromatic carbocycles. The smallest absolute Gasteiger partial charge is 0.249 e. The quantitative estimate of drug-likeness (QED) is 0.653. The normalized spacial score (nSPS) is 19.8. The summed E-state index contributed by atoms with van der Waals surface area (Å²) in [5.74, 6) is 0.804. The Morgan fingerprint density at radius 3 is 2.74 bits per heavy atom. The summed E-state index contributed by atoms with van der Waals surface area (Å²) < 4.78 is 0.645. The van der Waals surface area contributed by atoms with Gasteiger partial charge >= 0.3 is 0 Å². The molecule has 7 heteroatoms. The van der Waals surface area contributed by atoms with Gasteiger partial charge in [-0.1, -0.05) is 13.8 Å². The molecule has 1 N–H and O–H groups in total. The van der Waals surface area contributed by atoms with E-state index in [2.05, 4.69) is 31.2 Å². The molecule has 2 amide bonds. The van der Waals surface area contributed by atoms with Crippen molar-refractivity contribution in [3.05, 3.63) is 16.5 Å². The Labute approximate surface area is 119 Å². The van der Waals surface area contributed by atoms with Crippen LogP contribution in [0.2, 0.25) is 0 Å². The van der Waals surface area contributed by atoms with Gasteiger partial charge in [0.25, 0.3) is 0 Å². The molecule has 0 spiro atoms. The van der Waals surface area contributed by atoms with Crippen LogP contribution in [0.1, 0.15) is 32.5 Å². The van der Waals surface area contributed by atoms with E-state index >= 15 is 0 Å². The topological polar surface area (TPSA) is 75.2 Å². The number of piperazine rings is 1. The highest BCUT2D eigenvalue weighted by atomic mass is 79.9. The fourth-order valence-corrected chi connectivity index (χ4v) is 2.21. The highest BCUT2D eigenvalue weighted by molar-refractivity contribution is 9.10. The predicted molar refractivity (Wildman–Crippen MR) is 73.8 cm³/mol. The Kier molecular flexibility index (Phi) is 3.84. The van der Waals surface area contributed by atoms with Gasteiger partial charge in [-0.15, -0.1) is 0 Å². The maximum atomic E-state index is 11.7. The van der Waals surface area contributed by atoms with Gasteiger partial charge in [-0.25, -0.2) is 9.97 Å². The second-order valence-corrected chi connectivity index (χ2v) is 5.59. The van der Waals surface area contributed by atoms with Gasteiger partial charge < -0.3 is 4.90 Å². The first-order valence-corrected chi connectivity index (χ1v) is 6.82. The molecular formula is C12H15BrN4O2. The number of halogens is 1. The van der Waals surface area contributed by atoms with Crippen molar-refractivity contribution in [2.45, 2.75) is 32.7 Å². The van der Waals surface area contributed by atoms with Gasteiger partial charge in [0, 0.05) is 12.0 Å². The number of carbonyl (C=O) groups excluding carboxylic acids is 2. The number of imide groups is 1. The number of nitrogens with zero attached hydrogens (tertiary/aromatic N) is 3. The van der Waals surface area contributed by atoms with Crippen LogP contribution < -0.4 is 10.2 Å². The molecule has 1 aromatic rings. The minimum atomic E-state index is -0.431. The van der Waals surface area contributed by atoms with Gasteiger partial charge in [-0.05, 0) is 22.9 Å². The summed E-state index contributed by atoms with van der Waals surface area (Å²) in [4.78, 5) is 33.5. The average Bonchev–Trinajstić information content (AvgIpc) is 2.32. The first-order valence-electron chi connectivity index (χ1n) is 6.03. The first kappa shape index (κ1) is 13.9. The Bertz CT molecular complexity index is 532. The van der Waals surface area contributed by atoms with Crippen molar-refractivity contribution < 1.29 is 9.59 Å². The third-order valence-electron chi connectivity index (χ3n) is 2.93. The second-order valence-electron chi connectivity index (χ2n) is 4.78. The van der Waals surface area contributed by atoms with Crippen molar-refractivity contribution in [2.75, 3.05) is 11.4 Å². The first-order chi connectivity index (χ1) is 8.88. The fourth-order valence-electron chi connectivity index (χ4n) is 1.82. The van der Waals surface area contributed by atoms with Gasteiger partial charge in [0.1, 0.15) is 22.3 Å². The Morgan fingerprint density at radius 2 is 2.11 bits per heavy atom. The summed E-state index contributed by atoms with van der Waals surface area (Å²) in [5, 5.41) is 2.31. The molecule has 1 unspecified atom stereocenters. The van der Waals surface area contributed by atoms with Crippen molar-refractivity contribution in [3.8, 4) is 0 Å². The van der Waals surface area contributed by atoms with Crippen molar-refractivity contribution >= 4 is 33.6 Å². The minimum Gasteiger partial charge on any atom is -0.335 e. The average molecular weight is 327 g/mol. The number of nitrogens with one attached hydrogen (secondary N) is 1. The molecule has 1 fully saturated rings. The molecule has 0 aliphatic carbocycles. The molecule has 0 bridgehead atoms. The van der Waals surface area contributed by atoms with Gasteiger partial charge in [0.05, 0.1) is 6.54 Å². The molecule has 1 aliphatic heterocycles. The fraction of sp³-hybridized carbons (Fsp3) is 0.500. The van der Waals surface area contributed by atoms with Gasteiger partial charge in [-0.3, -0.25) is 14.9 Å². The maximum Gasteiger partial charge on any atom is 0.249 e. The van der Waals surface area contributed by atoms with Crippen LogP contribution in [0.5, 0.6) is 0 Å². The van der Waals surface area contributed by atoms with Gasteiger partial charge in [0.15, 0.2) is 0 Å². The highest BCUT2D eigenvalue weighted by Gasteiger charge is 2.31. The zero-order valence-electron chi connectivity index (χ0n) is 11.0. The van der Waals surface area contributed by atoms with E-state index in [4.69, 9.17) is 0 Å². The highest BCUT2D eigenvalue weighted by Crippen LogP contribution is 2.22. The van der Waals surface area contributed by atoms with Crippen LogP contribution in [0, 0.1) is 0 Å². The van der Waals surface area contributed by atoms with E-state index in [1.165, 1.54) is 0 Å². The summed E-state index contributed by atoms with van der Waals surface area (Å²) >= 11 is 3.33. The molecule has 1 saturated heterocycles. The standard InChI is InChI=1S/C12H15BrN4O2/c1-6(2)11-14-8(13)4-9(15-11)17-5-10(18)16-12(19)7(17)3/h4,6-7H,5H2,1-3H3,(H,16,18,19). The van der Waals surface area contributed by atoms with Crippen molar-refractivity contribution in [1.29, 1.82) is 0 Å². The van der Waals surface area contributed by atoms with Crippen LogP contribution >= 0.6 is 15.9 Å². The van der Waals surface area contributed by atoms with Crippen LogP contribution in [-0.4, -0.2) is 34.4 Å². The predicted octanol–water partition coefficient (Wildman–Crippen LogP) is 1.21. The number of aromatic nitrogens is 2. The largest absolute Gasteiger partial charge is 0.335 e. The van der Waals surface area contributed by atoms with Crippen molar-refractivity contribution in [1.82, 2.24) is 15.3 Å². The van der Waals surface area contributed by atoms with Gasteiger partial charge in [0.2, 0.25) is 11.8 Å². The lowest BCUT2D eigenvalue weighted by Gasteiger charge is -2.32. The molecule has 1 aliphatic rings. The summed E-state index contributed by atoms with van der Waals surface area (Å²) in [6.07, 6.45) is 0. The maximum absolute atomic E-state index is 11.7. The lowest BCUT2D eigenvalue weighted by molar-refractivity contribution is -0.132. The number of hydrogen-bond donors (Lipinski definition) is 1. The van der Waals surface area contributed by atoms with E-state index in [1.807, 2.05) is 13.8 Å². The minimum absolute atomic E-state index is 0.119. The van der Waals surface area contributed by atoms with Crippen molar-refractivity contribution in [2.24, 2.45) is 0 Å². The third kappa shape index (κ3) is 2.91. The van der Waals surface area contributed by atoms with E-state index in [1.54, 1.807) is 17.9 Å². The molecule has 0 saturated carbocycles. The molecule has 19 heavy (non-hydrogen) atoms. The van der Waals surface area contributed by atoms with E-state index in [-0.39, 0.29) is 24.3 Å². The molecule has 1 aromatic heterocycles. The van der Waals surface area contributed by atoms with Crippen LogP contribution in [-0.2, 0) is 9.59 Å². The van der Waals surface area contributed by atoms with Crippen LogP contribution in [0.4, 0.5) is 5.82 Å². The van der Waals surface area contributed by atoms with E-state index in [0.29, 0.717) is 16.2 Å². The molecule has 6 nitrogen and oxygen atoms in total. The summed E-state index contributed by atoms with van der Waals surface area (Å²) in [7, 11) is 0. The van der Waals surface area contributed by atoms with Crippen LogP contribution in [0.25, 0.3) is 0 Å². The Morgan fingerprint density at radius 1 is 1.42 bits per heavy atom. The molecule has 2 heterocycles. The number of hydrogen-bond acceptors (Lipinski definition) is 5. The molecule has 102 valence electrons. The van der Waals surface area contributed by atoms with E-state index in [9.17, 15) is 9.59 Å². The lowest BCUT2D eigenvalue weighted by Crippen LogP contribution is -2.57. The van der Waals surface area contributed by atoms with Gasteiger partial charge in [-0.2, -0.15) is 0 Å². The summed E-state index contributed by atoms with van der Waals surface area (Å²) in [6.45, 7) is 5.84. The summed E-state index contributed by atoms with van der Waals surface area (Å²) in [6, 6.07) is 1.29. The zero-order chi connectivity index (χ0) is 14.2. The third-order valence-corrected chi connectivity index (χ3v) is 3.34. The molecular weight excluding hydrogens is 312 g/mol. The zero-order valence-corrected chi connectivity index (χ0v) is 12.6. The Balaban J connectivity index is 2.39. The van der Waals surface area contributed by atoms with Crippen LogP contribution in [0.15, 0.2) is 10.7 Å². The Hall–Kier alpha value is -1.50. The molecule has 0 radical (unpaired) electrons. The van der Waals surface area contributed by atoms with Crippen molar-refractivity contribution in [3.63, 3.8) is 0 Å². The number of rotatable bonds is 2. The van der Waals surface area contributed by atoms with Crippen LogP contribution in [0.3, 0.4) is 0 Å². The number of carbonyl (C=O) groups is 2. The lowest BCUT2D eigenvalue weighted by atomic mass is 10.2. The number of amides is 2. The monoisotopic (exact) mass is 326 g/mol. The SMILES string of the molecule is CC(C)c1nc(Br)cc(N2CC(=O)NC(=O)C2C)n1.